The van der Waals surface area contributed by atoms with E-state index in [-0.39, 0.29) is 28.4 Å². The average Bonchev–Trinajstić information content (AvgIpc) is 2.33. The normalized spacial score (nSPS) is 12.0. The van der Waals surface area contributed by atoms with Crippen molar-refractivity contribution < 1.29 is 13.2 Å². The van der Waals surface area contributed by atoms with Crippen molar-refractivity contribution in [2.45, 2.75) is 31.7 Å². The molecule has 1 aromatic rings. The Morgan fingerprint density at radius 3 is 2.48 bits per heavy atom. The summed E-state index contributed by atoms with van der Waals surface area (Å²) >= 11 is 5.96. The molecule has 0 saturated carbocycles. The van der Waals surface area contributed by atoms with Crippen LogP contribution >= 0.6 is 11.6 Å². The number of nitrogens with one attached hydrogen (secondary N) is 1. The van der Waals surface area contributed by atoms with Crippen molar-refractivity contribution in [1.82, 2.24) is 9.62 Å². The minimum atomic E-state index is -3.82. The van der Waals surface area contributed by atoms with Crippen molar-refractivity contribution in [3.8, 4) is 0 Å². The van der Waals surface area contributed by atoms with Crippen molar-refractivity contribution in [3.63, 3.8) is 0 Å². The average molecular weight is 334 g/mol. The molecular weight excluding hydrogens is 314 g/mol. The molecule has 1 rings (SSSR count). The number of halogens is 1. The van der Waals surface area contributed by atoms with E-state index < -0.39 is 10.0 Å². The maximum atomic E-state index is 12.4. The van der Waals surface area contributed by atoms with Gasteiger partial charge in [0, 0.05) is 23.8 Å². The summed E-state index contributed by atoms with van der Waals surface area (Å²) < 4.78 is 25.8. The Kier molecular flexibility index (Phi) is 5.61. The Labute approximate surface area is 130 Å². The minimum Gasteiger partial charge on any atom is -0.398 e. The second-order valence-corrected chi connectivity index (χ2v) is 7.55. The van der Waals surface area contributed by atoms with Crippen LogP contribution in [0.3, 0.4) is 0 Å². The first kappa shape index (κ1) is 17.7. The fourth-order valence-electron chi connectivity index (χ4n) is 1.66. The Morgan fingerprint density at radius 2 is 2.00 bits per heavy atom. The van der Waals surface area contributed by atoms with Gasteiger partial charge >= 0.3 is 0 Å². The highest BCUT2D eigenvalue weighted by Crippen LogP contribution is 2.27. The molecule has 0 spiro atoms. The van der Waals surface area contributed by atoms with E-state index in [2.05, 4.69) is 5.32 Å². The molecule has 0 aliphatic rings. The van der Waals surface area contributed by atoms with Crippen molar-refractivity contribution in [3.05, 3.63) is 22.7 Å². The van der Waals surface area contributed by atoms with Crippen LogP contribution < -0.4 is 11.1 Å². The van der Waals surface area contributed by atoms with Crippen molar-refractivity contribution in [2.75, 3.05) is 19.3 Å². The molecule has 118 valence electrons. The SMILES string of the molecule is Cc1c(N)cc(S(=O)(=O)N(C)CC(=O)NC(C)C)cc1Cl. The summed E-state index contributed by atoms with van der Waals surface area (Å²) in [5.41, 5.74) is 6.65. The van der Waals surface area contributed by atoms with Crippen LogP contribution in [0.2, 0.25) is 5.02 Å². The van der Waals surface area contributed by atoms with Gasteiger partial charge in [-0.25, -0.2) is 8.42 Å². The fraction of sp³-hybridized carbons (Fsp3) is 0.462. The van der Waals surface area contributed by atoms with Gasteiger partial charge in [-0.05, 0) is 38.5 Å². The summed E-state index contributed by atoms with van der Waals surface area (Å²) in [6.07, 6.45) is 0. The molecule has 1 aromatic carbocycles. The number of benzene rings is 1. The predicted octanol–water partition coefficient (Wildman–Crippen LogP) is 1.38. The fourth-order valence-corrected chi connectivity index (χ4v) is 3.14. The maximum absolute atomic E-state index is 12.4. The van der Waals surface area contributed by atoms with E-state index in [0.29, 0.717) is 11.3 Å². The van der Waals surface area contributed by atoms with Crippen LogP contribution in [0.4, 0.5) is 5.69 Å². The molecule has 0 saturated heterocycles. The molecule has 6 nitrogen and oxygen atoms in total. The van der Waals surface area contributed by atoms with Gasteiger partial charge in [-0.15, -0.1) is 0 Å². The molecule has 0 heterocycles. The van der Waals surface area contributed by atoms with Crippen LogP contribution in [0.15, 0.2) is 17.0 Å². The minimum absolute atomic E-state index is 0.0320. The van der Waals surface area contributed by atoms with Crippen LogP contribution in [0, 0.1) is 6.92 Å². The summed E-state index contributed by atoms with van der Waals surface area (Å²) in [6, 6.07) is 2.62. The highest BCUT2D eigenvalue weighted by Gasteiger charge is 2.24. The molecule has 0 aromatic heterocycles. The molecule has 0 aliphatic carbocycles. The van der Waals surface area contributed by atoms with Crippen LogP contribution in [-0.2, 0) is 14.8 Å². The first-order valence-corrected chi connectivity index (χ1v) is 8.18. The summed E-state index contributed by atoms with van der Waals surface area (Å²) in [7, 11) is -2.49. The van der Waals surface area contributed by atoms with Gasteiger partial charge in [0.2, 0.25) is 15.9 Å². The van der Waals surface area contributed by atoms with Gasteiger partial charge in [0.1, 0.15) is 0 Å². The Bertz CT molecular complexity index is 621. The highest BCUT2D eigenvalue weighted by molar-refractivity contribution is 7.89. The Balaban J connectivity index is 3.03. The number of nitrogens with zero attached hydrogens (tertiary/aromatic N) is 1. The zero-order valence-electron chi connectivity index (χ0n) is 12.5. The quantitative estimate of drug-likeness (QED) is 0.796. The maximum Gasteiger partial charge on any atom is 0.243 e. The van der Waals surface area contributed by atoms with Crippen LogP contribution in [-0.4, -0.2) is 38.3 Å². The lowest BCUT2D eigenvalue weighted by Gasteiger charge is -2.18. The number of nitrogens with two attached hydrogens (primary N) is 1. The molecule has 1 amide bonds. The van der Waals surface area contributed by atoms with Gasteiger partial charge < -0.3 is 11.1 Å². The molecule has 21 heavy (non-hydrogen) atoms. The van der Waals surface area contributed by atoms with Crippen LogP contribution in [0.5, 0.6) is 0 Å². The third-order valence-electron chi connectivity index (χ3n) is 2.88. The molecule has 0 fully saturated rings. The first-order chi connectivity index (χ1) is 9.55. The Hall–Kier alpha value is -1.31. The largest absolute Gasteiger partial charge is 0.398 e. The number of hydrogen-bond donors (Lipinski definition) is 2. The van der Waals surface area contributed by atoms with Gasteiger partial charge in [-0.3, -0.25) is 4.79 Å². The lowest BCUT2D eigenvalue weighted by atomic mass is 10.2. The van der Waals surface area contributed by atoms with E-state index in [9.17, 15) is 13.2 Å². The molecule has 8 heteroatoms. The van der Waals surface area contributed by atoms with E-state index in [1.807, 2.05) is 0 Å². The van der Waals surface area contributed by atoms with E-state index in [4.69, 9.17) is 17.3 Å². The number of hydrogen-bond acceptors (Lipinski definition) is 4. The zero-order valence-corrected chi connectivity index (χ0v) is 14.0. The number of sulfonamides is 1. The van der Waals surface area contributed by atoms with E-state index in [0.717, 1.165) is 4.31 Å². The summed E-state index contributed by atoms with van der Waals surface area (Å²) in [5, 5.41) is 2.91. The molecule has 3 N–H and O–H groups in total. The van der Waals surface area contributed by atoms with E-state index in [1.54, 1.807) is 20.8 Å². The third kappa shape index (κ3) is 4.33. The van der Waals surface area contributed by atoms with Crippen LogP contribution in [0.25, 0.3) is 0 Å². The first-order valence-electron chi connectivity index (χ1n) is 6.37. The third-order valence-corrected chi connectivity index (χ3v) is 5.06. The predicted molar refractivity (Wildman–Crippen MR) is 83.7 cm³/mol. The van der Waals surface area contributed by atoms with Crippen molar-refractivity contribution in [1.29, 1.82) is 0 Å². The summed E-state index contributed by atoms with van der Waals surface area (Å²) in [4.78, 5) is 11.6. The number of amides is 1. The number of likely N-dealkylation sites (N-methyl/N-ethyl adjacent to an activating group) is 1. The number of rotatable bonds is 5. The molecular formula is C13H20ClN3O3S. The highest BCUT2D eigenvalue weighted by atomic mass is 35.5. The van der Waals surface area contributed by atoms with E-state index >= 15 is 0 Å². The summed E-state index contributed by atoms with van der Waals surface area (Å²) in [6.45, 7) is 5.03. The van der Waals surface area contributed by atoms with Gasteiger partial charge in [0.15, 0.2) is 0 Å². The lowest BCUT2D eigenvalue weighted by Crippen LogP contribution is -2.40. The van der Waals surface area contributed by atoms with Gasteiger partial charge in [0.05, 0.1) is 11.4 Å². The van der Waals surface area contributed by atoms with E-state index in [1.165, 1.54) is 19.2 Å². The van der Waals surface area contributed by atoms with Crippen molar-refractivity contribution >= 4 is 33.2 Å². The molecule has 0 radical (unpaired) electrons. The van der Waals surface area contributed by atoms with Gasteiger partial charge in [-0.1, -0.05) is 11.6 Å². The number of carbonyl (C=O) groups excluding carboxylic acids is 1. The summed E-state index contributed by atoms with van der Waals surface area (Å²) in [5.74, 6) is -0.373. The number of anilines is 1. The second-order valence-electron chi connectivity index (χ2n) is 5.10. The number of carbonyl (C=O) groups is 1. The smallest absolute Gasteiger partial charge is 0.243 e. The van der Waals surface area contributed by atoms with Gasteiger partial charge in [0.25, 0.3) is 0 Å². The molecule has 0 bridgehead atoms. The molecule has 0 unspecified atom stereocenters. The number of nitrogen functional groups attached to an aromatic ring is 1. The standard InChI is InChI=1S/C13H20ClN3O3S/c1-8(2)16-13(18)7-17(4)21(19,20)10-5-11(14)9(3)12(15)6-10/h5-6,8H,7,15H2,1-4H3,(H,16,18). The van der Waals surface area contributed by atoms with Crippen LogP contribution in [0.1, 0.15) is 19.4 Å². The monoisotopic (exact) mass is 333 g/mol. The Morgan fingerprint density at radius 1 is 1.43 bits per heavy atom. The molecule has 0 atom stereocenters. The van der Waals surface area contributed by atoms with Gasteiger partial charge in [-0.2, -0.15) is 4.31 Å². The topological polar surface area (TPSA) is 92.5 Å². The van der Waals surface area contributed by atoms with Crippen molar-refractivity contribution in [2.24, 2.45) is 0 Å². The zero-order chi connectivity index (χ0) is 16.4. The lowest BCUT2D eigenvalue weighted by molar-refractivity contribution is -0.121. The second kappa shape index (κ2) is 6.64. The molecule has 0 aliphatic heterocycles.